The summed E-state index contributed by atoms with van der Waals surface area (Å²) in [5, 5.41) is 2.38. The molecule has 0 atom stereocenters. The van der Waals surface area contributed by atoms with Gasteiger partial charge in [-0.15, -0.1) is 0 Å². The van der Waals surface area contributed by atoms with Crippen LogP contribution in [-0.4, -0.2) is 31.7 Å². The van der Waals surface area contributed by atoms with Crippen LogP contribution < -0.4 is 5.32 Å². The molecule has 156 valence electrons. The first-order valence-electron chi connectivity index (χ1n) is 8.87. The van der Waals surface area contributed by atoms with Crippen molar-refractivity contribution >= 4 is 21.6 Å². The van der Waals surface area contributed by atoms with Crippen molar-refractivity contribution in [3.05, 3.63) is 59.4 Å². The van der Waals surface area contributed by atoms with Gasteiger partial charge in [-0.25, -0.2) is 12.8 Å². The number of carbonyl (C=O) groups is 1. The second-order valence-electron chi connectivity index (χ2n) is 6.64. The number of amides is 1. The van der Waals surface area contributed by atoms with E-state index in [0.29, 0.717) is 12.8 Å². The summed E-state index contributed by atoms with van der Waals surface area (Å²) in [7, 11) is -4.09. The minimum atomic E-state index is -4.50. The van der Waals surface area contributed by atoms with E-state index < -0.39 is 38.4 Å². The van der Waals surface area contributed by atoms with Gasteiger partial charge >= 0.3 is 6.18 Å². The highest BCUT2D eigenvalue weighted by Gasteiger charge is 2.31. The molecule has 2 aromatic carbocycles. The summed E-state index contributed by atoms with van der Waals surface area (Å²) in [6, 6.07) is 6.73. The summed E-state index contributed by atoms with van der Waals surface area (Å²) in [6.45, 7) is 0.563. The van der Waals surface area contributed by atoms with Crippen LogP contribution in [0, 0.1) is 5.82 Å². The number of carbonyl (C=O) groups excluding carboxylic acids is 1. The Morgan fingerprint density at radius 1 is 0.966 bits per heavy atom. The van der Waals surface area contributed by atoms with Crippen molar-refractivity contribution in [2.45, 2.75) is 30.3 Å². The van der Waals surface area contributed by atoms with Gasteiger partial charge in [-0.2, -0.15) is 17.5 Å². The van der Waals surface area contributed by atoms with E-state index in [0.717, 1.165) is 48.9 Å². The van der Waals surface area contributed by atoms with Gasteiger partial charge in [-0.1, -0.05) is 6.42 Å². The average Bonchev–Trinajstić information content (AvgIpc) is 2.68. The number of nitrogens with one attached hydrogen (secondary N) is 1. The molecule has 5 nitrogen and oxygen atoms in total. The fraction of sp³-hybridized carbons (Fsp3) is 0.316. The van der Waals surface area contributed by atoms with Crippen LogP contribution in [0.1, 0.15) is 35.2 Å². The van der Waals surface area contributed by atoms with Crippen LogP contribution in [0.4, 0.5) is 23.2 Å². The van der Waals surface area contributed by atoms with Crippen LogP contribution in [0.25, 0.3) is 0 Å². The van der Waals surface area contributed by atoms with Gasteiger partial charge in [0.05, 0.1) is 5.56 Å². The summed E-state index contributed by atoms with van der Waals surface area (Å²) in [4.78, 5) is 11.8. The van der Waals surface area contributed by atoms with E-state index in [4.69, 9.17) is 0 Å². The molecule has 29 heavy (non-hydrogen) atoms. The fourth-order valence-corrected chi connectivity index (χ4v) is 4.64. The lowest BCUT2D eigenvalue weighted by Gasteiger charge is -2.26. The lowest BCUT2D eigenvalue weighted by Crippen LogP contribution is -2.36. The molecule has 1 saturated heterocycles. The predicted molar refractivity (Wildman–Crippen MR) is 98.4 cm³/mol. The van der Waals surface area contributed by atoms with Gasteiger partial charge in [0.15, 0.2) is 0 Å². The number of sulfonamides is 1. The number of alkyl halides is 3. The quantitative estimate of drug-likeness (QED) is 0.737. The molecule has 0 aliphatic carbocycles. The summed E-state index contributed by atoms with van der Waals surface area (Å²) >= 11 is 0. The Hall–Kier alpha value is -2.46. The smallest absolute Gasteiger partial charge is 0.322 e. The van der Waals surface area contributed by atoms with Crippen molar-refractivity contribution < 1.29 is 30.8 Å². The van der Waals surface area contributed by atoms with Crippen LogP contribution in [0.5, 0.6) is 0 Å². The van der Waals surface area contributed by atoms with Crippen LogP contribution >= 0.6 is 0 Å². The standard InChI is InChI=1S/C19H18F4N2O3S/c20-16-9-4-13(12-17(16)29(27,28)25-10-2-1-3-11-25)18(26)24-15-7-5-14(6-8-15)19(21,22)23/h4-9,12H,1-3,10-11H2,(H,24,26). The van der Waals surface area contributed by atoms with E-state index in [-0.39, 0.29) is 24.3 Å². The third-order valence-corrected chi connectivity index (χ3v) is 6.51. The van der Waals surface area contributed by atoms with Gasteiger partial charge in [0.1, 0.15) is 10.7 Å². The van der Waals surface area contributed by atoms with E-state index >= 15 is 0 Å². The van der Waals surface area contributed by atoms with Crippen LogP contribution in [0.15, 0.2) is 47.4 Å². The Morgan fingerprint density at radius 3 is 2.17 bits per heavy atom. The molecule has 0 aromatic heterocycles. The van der Waals surface area contributed by atoms with E-state index in [1.54, 1.807) is 0 Å². The maximum Gasteiger partial charge on any atom is 0.416 e. The van der Waals surface area contributed by atoms with Crippen molar-refractivity contribution in [2.24, 2.45) is 0 Å². The minimum absolute atomic E-state index is 0.0905. The number of piperidine rings is 1. The highest BCUT2D eigenvalue weighted by molar-refractivity contribution is 7.89. The van der Waals surface area contributed by atoms with E-state index in [1.165, 1.54) is 4.31 Å². The third-order valence-electron chi connectivity index (χ3n) is 4.60. The van der Waals surface area contributed by atoms with Crippen LogP contribution in [-0.2, 0) is 16.2 Å². The monoisotopic (exact) mass is 430 g/mol. The summed E-state index contributed by atoms with van der Waals surface area (Å²) in [5.41, 5.74) is -0.901. The summed E-state index contributed by atoms with van der Waals surface area (Å²) < 4.78 is 78.7. The first kappa shape index (κ1) is 21.3. The molecular formula is C19H18F4N2O3S. The molecule has 0 saturated carbocycles. The van der Waals surface area contributed by atoms with Gasteiger partial charge in [0, 0.05) is 24.3 Å². The maximum absolute atomic E-state index is 14.2. The topological polar surface area (TPSA) is 66.5 Å². The normalized spacial score (nSPS) is 15.9. The molecule has 1 aliphatic rings. The van der Waals surface area contributed by atoms with Crippen molar-refractivity contribution in [1.82, 2.24) is 4.31 Å². The number of benzene rings is 2. The zero-order valence-electron chi connectivity index (χ0n) is 15.2. The highest BCUT2D eigenvalue weighted by atomic mass is 32.2. The first-order chi connectivity index (χ1) is 13.6. The van der Waals surface area contributed by atoms with Crippen molar-refractivity contribution in [2.75, 3.05) is 18.4 Å². The zero-order valence-corrected chi connectivity index (χ0v) is 16.0. The summed E-state index contributed by atoms with van der Waals surface area (Å²) in [6.07, 6.45) is -2.26. The largest absolute Gasteiger partial charge is 0.416 e. The van der Waals surface area contributed by atoms with E-state index in [1.807, 2.05) is 0 Å². The Labute approximate surface area is 165 Å². The van der Waals surface area contributed by atoms with Gasteiger partial charge in [0.2, 0.25) is 10.0 Å². The second-order valence-corrected chi connectivity index (χ2v) is 8.55. The molecule has 1 fully saturated rings. The lowest BCUT2D eigenvalue weighted by molar-refractivity contribution is -0.137. The molecule has 10 heteroatoms. The predicted octanol–water partition coefficient (Wildman–Crippen LogP) is 4.27. The molecule has 0 radical (unpaired) electrons. The molecule has 1 amide bonds. The van der Waals surface area contributed by atoms with Gasteiger partial charge in [-0.3, -0.25) is 4.79 Å². The Bertz CT molecular complexity index is 999. The maximum atomic E-state index is 14.2. The van der Waals surface area contributed by atoms with Gasteiger partial charge < -0.3 is 5.32 Å². The molecule has 1 aliphatic heterocycles. The number of hydrogen-bond donors (Lipinski definition) is 1. The fourth-order valence-electron chi connectivity index (χ4n) is 3.03. The van der Waals surface area contributed by atoms with Gasteiger partial charge in [0.25, 0.3) is 5.91 Å². The number of nitrogens with zero attached hydrogens (tertiary/aromatic N) is 1. The molecule has 2 aromatic rings. The number of hydrogen-bond acceptors (Lipinski definition) is 3. The second kappa shape index (κ2) is 8.11. The molecule has 3 rings (SSSR count). The molecule has 1 N–H and O–H groups in total. The van der Waals surface area contributed by atoms with Crippen molar-refractivity contribution in [1.29, 1.82) is 0 Å². The van der Waals surface area contributed by atoms with Crippen LogP contribution in [0.2, 0.25) is 0 Å². The van der Waals surface area contributed by atoms with E-state index in [9.17, 15) is 30.8 Å². The van der Waals surface area contributed by atoms with Gasteiger partial charge in [-0.05, 0) is 55.3 Å². The van der Waals surface area contributed by atoms with Crippen molar-refractivity contribution in [3.63, 3.8) is 0 Å². The minimum Gasteiger partial charge on any atom is -0.322 e. The molecule has 0 unspecified atom stereocenters. The number of rotatable bonds is 4. The summed E-state index contributed by atoms with van der Waals surface area (Å²) in [5.74, 6) is -1.73. The molecular weight excluding hydrogens is 412 g/mol. The number of halogens is 4. The Morgan fingerprint density at radius 2 is 1.59 bits per heavy atom. The lowest BCUT2D eigenvalue weighted by atomic mass is 10.1. The van der Waals surface area contributed by atoms with E-state index in [2.05, 4.69) is 5.32 Å². The SMILES string of the molecule is O=C(Nc1ccc(C(F)(F)F)cc1)c1ccc(F)c(S(=O)(=O)N2CCCCC2)c1. The highest BCUT2D eigenvalue weighted by Crippen LogP contribution is 2.30. The zero-order chi connectivity index (χ0) is 21.2. The first-order valence-corrected chi connectivity index (χ1v) is 10.3. The Kier molecular flexibility index (Phi) is 5.95. The molecule has 1 heterocycles. The Balaban J connectivity index is 1.82. The molecule has 0 bridgehead atoms. The molecule has 0 spiro atoms. The number of anilines is 1. The van der Waals surface area contributed by atoms with Crippen molar-refractivity contribution in [3.8, 4) is 0 Å². The third kappa shape index (κ3) is 4.76. The average molecular weight is 430 g/mol. The van der Waals surface area contributed by atoms with Crippen LogP contribution in [0.3, 0.4) is 0 Å².